The molecule has 1 aliphatic heterocycles. The maximum atomic E-state index is 12.7. The number of amides is 1. The van der Waals surface area contributed by atoms with E-state index in [0.717, 1.165) is 5.69 Å². The number of rotatable bonds is 3. The molecule has 1 saturated heterocycles. The zero-order chi connectivity index (χ0) is 18.8. The maximum absolute atomic E-state index is 12.7. The molecule has 2 aromatic carbocycles. The summed E-state index contributed by atoms with van der Waals surface area (Å²) in [6.07, 6.45) is 0. The van der Waals surface area contributed by atoms with E-state index in [1.807, 2.05) is 12.1 Å². The van der Waals surface area contributed by atoms with Crippen molar-refractivity contribution in [2.45, 2.75) is 6.92 Å². The first-order valence-corrected chi connectivity index (χ1v) is 8.86. The van der Waals surface area contributed by atoms with Gasteiger partial charge in [-0.05, 0) is 31.2 Å². The summed E-state index contributed by atoms with van der Waals surface area (Å²) in [6.45, 7) is 4.01. The van der Waals surface area contributed by atoms with Crippen molar-refractivity contribution in [2.75, 3.05) is 31.1 Å². The van der Waals surface area contributed by atoms with Gasteiger partial charge < -0.3 is 9.80 Å². The molecule has 0 saturated carbocycles. The summed E-state index contributed by atoms with van der Waals surface area (Å²) in [7, 11) is 0. The zero-order valence-corrected chi connectivity index (χ0v) is 15.6. The lowest BCUT2D eigenvalue weighted by Gasteiger charge is -2.36. The summed E-state index contributed by atoms with van der Waals surface area (Å²) in [5.74, 6) is -0.193. The van der Waals surface area contributed by atoms with Crippen molar-refractivity contribution in [1.82, 2.24) is 4.90 Å². The maximum Gasteiger partial charge on any atom is 0.273 e. The summed E-state index contributed by atoms with van der Waals surface area (Å²) in [5, 5.41) is 12.1. The fourth-order valence-electron chi connectivity index (χ4n) is 2.97. The van der Waals surface area contributed by atoms with Crippen LogP contribution in [0.1, 0.15) is 15.9 Å². The molecule has 0 radical (unpaired) electrons. The molecule has 0 atom stereocenters. The molecule has 0 spiro atoms. The molecule has 0 unspecified atom stereocenters. The van der Waals surface area contributed by atoms with Gasteiger partial charge in [-0.2, -0.15) is 0 Å². The van der Waals surface area contributed by atoms with E-state index >= 15 is 0 Å². The van der Waals surface area contributed by atoms with Gasteiger partial charge in [-0.25, -0.2) is 0 Å². The predicted molar refractivity (Wildman–Crippen MR) is 102 cm³/mol. The second kappa shape index (κ2) is 7.51. The first-order valence-electron chi connectivity index (χ1n) is 8.11. The normalized spacial score (nSPS) is 14.4. The quantitative estimate of drug-likeness (QED) is 0.579. The van der Waals surface area contributed by atoms with E-state index < -0.39 is 4.92 Å². The summed E-state index contributed by atoms with van der Waals surface area (Å²) < 4.78 is 0. The summed E-state index contributed by atoms with van der Waals surface area (Å²) in [4.78, 5) is 27.1. The van der Waals surface area contributed by atoms with Crippen LogP contribution in [0.2, 0.25) is 10.0 Å². The van der Waals surface area contributed by atoms with Crippen molar-refractivity contribution in [1.29, 1.82) is 0 Å². The molecule has 1 aliphatic rings. The smallest absolute Gasteiger partial charge is 0.273 e. The van der Waals surface area contributed by atoms with Crippen molar-refractivity contribution in [2.24, 2.45) is 0 Å². The lowest BCUT2D eigenvalue weighted by atomic mass is 10.1. The highest BCUT2D eigenvalue weighted by molar-refractivity contribution is 6.42. The number of nitro groups is 1. The number of hydrogen-bond donors (Lipinski definition) is 0. The number of anilines is 1. The average Bonchev–Trinajstić information content (AvgIpc) is 2.64. The fourth-order valence-corrected chi connectivity index (χ4v) is 3.26. The van der Waals surface area contributed by atoms with Crippen molar-refractivity contribution in [3.63, 3.8) is 0 Å². The minimum atomic E-state index is -0.464. The van der Waals surface area contributed by atoms with Crippen molar-refractivity contribution in [3.05, 3.63) is 67.7 Å². The first kappa shape index (κ1) is 18.5. The van der Waals surface area contributed by atoms with Gasteiger partial charge in [0.05, 0.1) is 15.0 Å². The average molecular weight is 394 g/mol. The number of carbonyl (C=O) groups is 1. The third-order valence-electron chi connectivity index (χ3n) is 4.49. The van der Waals surface area contributed by atoms with Crippen LogP contribution in [-0.2, 0) is 0 Å². The van der Waals surface area contributed by atoms with E-state index in [1.165, 1.54) is 6.07 Å². The van der Waals surface area contributed by atoms with Gasteiger partial charge in [-0.1, -0.05) is 29.3 Å². The van der Waals surface area contributed by atoms with Crippen LogP contribution in [0.15, 0.2) is 36.4 Å². The molecule has 6 nitrogen and oxygen atoms in total. The Morgan fingerprint density at radius 3 is 2.35 bits per heavy atom. The van der Waals surface area contributed by atoms with Crippen LogP contribution >= 0.6 is 23.2 Å². The highest BCUT2D eigenvalue weighted by Crippen LogP contribution is 2.28. The largest absolute Gasteiger partial charge is 0.368 e. The number of halogens is 2. The molecule has 2 aromatic rings. The Morgan fingerprint density at radius 1 is 1.04 bits per heavy atom. The van der Waals surface area contributed by atoms with E-state index in [9.17, 15) is 14.9 Å². The Balaban J connectivity index is 1.69. The minimum Gasteiger partial charge on any atom is -0.368 e. The summed E-state index contributed by atoms with van der Waals surface area (Å²) in [5.41, 5.74) is 1.80. The van der Waals surface area contributed by atoms with Crippen LogP contribution in [0.25, 0.3) is 0 Å². The van der Waals surface area contributed by atoms with Crippen LogP contribution in [0.4, 0.5) is 11.4 Å². The summed E-state index contributed by atoms with van der Waals surface area (Å²) >= 11 is 12.0. The van der Waals surface area contributed by atoms with Crippen LogP contribution in [0.3, 0.4) is 0 Å². The van der Waals surface area contributed by atoms with Gasteiger partial charge in [0, 0.05) is 49.1 Å². The summed E-state index contributed by atoms with van der Waals surface area (Å²) in [6, 6.07) is 10.1. The Bertz CT molecular complexity index is 865. The Morgan fingerprint density at radius 2 is 1.73 bits per heavy atom. The molecule has 136 valence electrons. The molecule has 26 heavy (non-hydrogen) atoms. The lowest BCUT2D eigenvalue weighted by molar-refractivity contribution is -0.385. The second-order valence-corrected chi connectivity index (χ2v) is 6.95. The number of piperazine rings is 1. The molecule has 1 fully saturated rings. The van der Waals surface area contributed by atoms with E-state index in [-0.39, 0.29) is 11.6 Å². The number of nitrogens with zero attached hydrogens (tertiary/aromatic N) is 3. The highest BCUT2D eigenvalue weighted by atomic mass is 35.5. The molecule has 0 N–H and O–H groups in total. The molecular weight excluding hydrogens is 377 g/mol. The van der Waals surface area contributed by atoms with E-state index in [1.54, 1.807) is 30.0 Å². The SMILES string of the molecule is Cc1ccc(C(=O)N2CCN(c3ccc(Cl)c(Cl)c3)CC2)cc1[N+](=O)[O-]. The molecular formula is C18H17Cl2N3O3. The fraction of sp³-hybridized carbons (Fsp3) is 0.278. The second-order valence-electron chi connectivity index (χ2n) is 6.14. The molecule has 8 heteroatoms. The number of nitro benzene ring substituents is 1. The van der Waals surface area contributed by atoms with Gasteiger partial charge in [0.1, 0.15) is 0 Å². The van der Waals surface area contributed by atoms with Crippen LogP contribution in [0, 0.1) is 17.0 Å². The van der Waals surface area contributed by atoms with E-state index in [2.05, 4.69) is 4.90 Å². The van der Waals surface area contributed by atoms with E-state index in [4.69, 9.17) is 23.2 Å². The first-order chi connectivity index (χ1) is 12.4. The number of hydrogen-bond acceptors (Lipinski definition) is 4. The molecule has 0 bridgehead atoms. The third-order valence-corrected chi connectivity index (χ3v) is 5.23. The molecule has 1 heterocycles. The van der Waals surface area contributed by atoms with Crippen LogP contribution in [-0.4, -0.2) is 41.9 Å². The number of carbonyl (C=O) groups excluding carboxylic acids is 1. The van der Waals surface area contributed by atoms with Crippen LogP contribution < -0.4 is 4.90 Å². The third kappa shape index (κ3) is 3.76. The van der Waals surface area contributed by atoms with Gasteiger partial charge in [-0.3, -0.25) is 14.9 Å². The highest BCUT2D eigenvalue weighted by Gasteiger charge is 2.24. The molecule has 3 rings (SSSR count). The van der Waals surface area contributed by atoms with Crippen molar-refractivity contribution in [3.8, 4) is 0 Å². The van der Waals surface area contributed by atoms with Crippen molar-refractivity contribution >= 4 is 40.5 Å². The number of benzene rings is 2. The Kier molecular flexibility index (Phi) is 5.34. The zero-order valence-electron chi connectivity index (χ0n) is 14.1. The van der Waals surface area contributed by atoms with Gasteiger partial charge in [-0.15, -0.1) is 0 Å². The monoisotopic (exact) mass is 393 g/mol. The van der Waals surface area contributed by atoms with Crippen molar-refractivity contribution < 1.29 is 9.72 Å². The molecule has 0 aliphatic carbocycles. The molecule has 0 aromatic heterocycles. The van der Waals surface area contributed by atoms with E-state index in [0.29, 0.717) is 47.4 Å². The van der Waals surface area contributed by atoms with Gasteiger partial charge in [0.2, 0.25) is 0 Å². The van der Waals surface area contributed by atoms with Crippen LogP contribution in [0.5, 0.6) is 0 Å². The minimum absolute atomic E-state index is 0.0368. The van der Waals surface area contributed by atoms with Gasteiger partial charge >= 0.3 is 0 Å². The topological polar surface area (TPSA) is 66.7 Å². The van der Waals surface area contributed by atoms with Gasteiger partial charge in [0.25, 0.3) is 11.6 Å². The lowest BCUT2D eigenvalue weighted by Crippen LogP contribution is -2.48. The van der Waals surface area contributed by atoms with Gasteiger partial charge in [0.15, 0.2) is 0 Å². The molecule has 1 amide bonds. The predicted octanol–water partition coefficient (Wildman–Crippen LogP) is 4.17. The Hall–Kier alpha value is -2.31. The standard InChI is InChI=1S/C18H17Cl2N3O3/c1-12-2-3-13(10-17(12)23(25)26)18(24)22-8-6-21(7-9-22)14-4-5-15(19)16(20)11-14/h2-5,10-11H,6-9H2,1H3. The number of aryl methyl sites for hydroxylation is 1. The Labute approximate surface area is 161 Å².